The average Bonchev–Trinajstić information content (AvgIpc) is 2.60. The van der Waals surface area contributed by atoms with Crippen LogP contribution >= 0.6 is 0 Å². The van der Waals surface area contributed by atoms with Crippen molar-refractivity contribution in [2.45, 2.75) is 63.3 Å². The summed E-state index contributed by atoms with van der Waals surface area (Å²) in [5.41, 5.74) is 1.81. The molecule has 0 bridgehead atoms. The molecule has 0 spiro atoms. The molecular weight excluding hydrogens is 336 g/mol. The van der Waals surface area contributed by atoms with Crippen LogP contribution in [0.25, 0.3) is 0 Å². The molecule has 3 rings (SSSR count). The van der Waals surface area contributed by atoms with Crippen LogP contribution in [0.1, 0.15) is 51.5 Å². The van der Waals surface area contributed by atoms with Crippen LogP contribution in [0.2, 0.25) is 0 Å². The van der Waals surface area contributed by atoms with Crippen molar-refractivity contribution in [3.63, 3.8) is 0 Å². The highest BCUT2D eigenvalue weighted by molar-refractivity contribution is 7.89. The van der Waals surface area contributed by atoms with Crippen LogP contribution in [-0.4, -0.2) is 38.3 Å². The van der Waals surface area contributed by atoms with Gasteiger partial charge in [-0.25, -0.2) is 8.42 Å². The van der Waals surface area contributed by atoms with E-state index in [4.69, 9.17) is 0 Å². The van der Waals surface area contributed by atoms with Gasteiger partial charge in [-0.05, 0) is 68.2 Å². The summed E-state index contributed by atoms with van der Waals surface area (Å²) in [6, 6.07) is 5.30. The Kier molecular flexibility index (Phi) is 5.21. The number of anilines is 1. The fraction of sp³-hybridized carbons (Fsp3) is 0.632. The maximum Gasteiger partial charge on any atom is 0.243 e. The Bertz CT molecular complexity index is 752. The smallest absolute Gasteiger partial charge is 0.243 e. The summed E-state index contributed by atoms with van der Waals surface area (Å²) in [5, 5.41) is 0. The summed E-state index contributed by atoms with van der Waals surface area (Å²) < 4.78 is 27.7. The largest absolute Gasteiger partial charge is 0.312 e. The zero-order valence-corrected chi connectivity index (χ0v) is 16.2. The highest BCUT2D eigenvalue weighted by Gasteiger charge is 2.31. The number of hydrogen-bond acceptors (Lipinski definition) is 3. The third-order valence-corrected chi connectivity index (χ3v) is 7.63. The molecule has 1 fully saturated rings. The van der Waals surface area contributed by atoms with E-state index < -0.39 is 10.0 Å². The van der Waals surface area contributed by atoms with Crippen LogP contribution < -0.4 is 4.90 Å². The first-order chi connectivity index (χ1) is 11.8. The number of sulfonamides is 1. The number of benzene rings is 1. The van der Waals surface area contributed by atoms with Crippen molar-refractivity contribution in [2.75, 3.05) is 18.5 Å². The fourth-order valence-corrected chi connectivity index (χ4v) is 5.50. The van der Waals surface area contributed by atoms with E-state index in [0.29, 0.717) is 17.4 Å². The van der Waals surface area contributed by atoms with Gasteiger partial charge in [-0.3, -0.25) is 4.79 Å². The van der Waals surface area contributed by atoms with Gasteiger partial charge in [0.05, 0.1) is 4.90 Å². The molecule has 5 nitrogen and oxygen atoms in total. The van der Waals surface area contributed by atoms with E-state index in [2.05, 4.69) is 6.92 Å². The zero-order valence-electron chi connectivity index (χ0n) is 15.4. The van der Waals surface area contributed by atoms with Crippen LogP contribution in [0.5, 0.6) is 0 Å². The first kappa shape index (κ1) is 18.4. The lowest BCUT2D eigenvalue weighted by Crippen LogP contribution is -2.39. The lowest BCUT2D eigenvalue weighted by molar-refractivity contribution is -0.116. The molecule has 1 amide bonds. The van der Waals surface area contributed by atoms with E-state index in [9.17, 15) is 13.2 Å². The van der Waals surface area contributed by atoms with Crippen molar-refractivity contribution in [3.05, 3.63) is 23.8 Å². The standard InChI is InChI=1S/C19H28N2O3S/c1-14-6-8-17(9-7-14)20(3)25(23,24)18-10-11-19-16(13-18)5-4-12-21(19)15(2)22/h10-11,13-14,17H,4-9,12H2,1-3H3. The summed E-state index contributed by atoms with van der Waals surface area (Å²) >= 11 is 0. The van der Waals surface area contributed by atoms with Crippen molar-refractivity contribution in [2.24, 2.45) is 5.92 Å². The molecule has 1 aromatic carbocycles. The van der Waals surface area contributed by atoms with Gasteiger partial charge in [-0.1, -0.05) is 6.92 Å². The van der Waals surface area contributed by atoms with Crippen LogP contribution in [0, 0.1) is 5.92 Å². The number of hydrogen-bond donors (Lipinski definition) is 0. The molecule has 0 N–H and O–H groups in total. The molecule has 0 aromatic heterocycles. The molecule has 1 saturated carbocycles. The van der Waals surface area contributed by atoms with Gasteiger partial charge in [0.2, 0.25) is 15.9 Å². The number of carbonyl (C=O) groups excluding carboxylic acids is 1. The third-order valence-electron chi connectivity index (χ3n) is 5.73. The Morgan fingerprint density at radius 1 is 1.20 bits per heavy atom. The quantitative estimate of drug-likeness (QED) is 0.828. The van der Waals surface area contributed by atoms with E-state index in [0.717, 1.165) is 49.8 Å². The first-order valence-corrected chi connectivity index (χ1v) is 10.6. The monoisotopic (exact) mass is 364 g/mol. The Labute approximate surface area is 151 Å². The normalized spacial score (nSPS) is 24.2. The minimum Gasteiger partial charge on any atom is -0.312 e. The lowest BCUT2D eigenvalue weighted by atomic mass is 9.87. The van der Waals surface area contributed by atoms with Crippen LogP contribution in [0.3, 0.4) is 0 Å². The Balaban J connectivity index is 1.87. The average molecular weight is 365 g/mol. The minimum absolute atomic E-state index is 0.00463. The molecule has 138 valence electrons. The van der Waals surface area contributed by atoms with Gasteiger partial charge >= 0.3 is 0 Å². The predicted octanol–water partition coefficient (Wildman–Crippen LogP) is 3.18. The fourth-order valence-electron chi connectivity index (χ4n) is 4.03. The van der Waals surface area contributed by atoms with Crippen molar-refractivity contribution in [1.82, 2.24) is 4.31 Å². The summed E-state index contributed by atoms with van der Waals surface area (Å²) in [7, 11) is -1.79. The van der Waals surface area contributed by atoms with Gasteiger partial charge in [0.15, 0.2) is 0 Å². The van der Waals surface area contributed by atoms with Gasteiger partial charge in [-0.2, -0.15) is 4.31 Å². The molecule has 0 saturated heterocycles. The van der Waals surface area contributed by atoms with Gasteiger partial charge in [0.1, 0.15) is 0 Å². The minimum atomic E-state index is -3.50. The number of fused-ring (bicyclic) bond motifs is 1. The molecular formula is C19H28N2O3S. The molecule has 1 aromatic rings. The van der Waals surface area contributed by atoms with Gasteiger partial charge in [-0.15, -0.1) is 0 Å². The topological polar surface area (TPSA) is 57.7 Å². The molecule has 25 heavy (non-hydrogen) atoms. The van der Waals surface area contributed by atoms with Gasteiger partial charge < -0.3 is 4.90 Å². The second-order valence-electron chi connectivity index (χ2n) is 7.50. The number of nitrogens with zero attached hydrogens (tertiary/aromatic N) is 2. The molecule has 1 aliphatic carbocycles. The number of rotatable bonds is 3. The van der Waals surface area contributed by atoms with Crippen molar-refractivity contribution in [3.8, 4) is 0 Å². The van der Waals surface area contributed by atoms with E-state index in [1.165, 1.54) is 0 Å². The zero-order chi connectivity index (χ0) is 18.2. The molecule has 0 unspecified atom stereocenters. The Morgan fingerprint density at radius 2 is 1.88 bits per heavy atom. The number of carbonyl (C=O) groups is 1. The van der Waals surface area contributed by atoms with Crippen LogP contribution in [0.15, 0.2) is 23.1 Å². The van der Waals surface area contributed by atoms with Crippen LogP contribution in [0.4, 0.5) is 5.69 Å². The van der Waals surface area contributed by atoms with E-state index >= 15 is 0 Å². The maximum absolute atomic E-state index is 13.1. The molecule has 0 atom stereocenters. The number of aryl methyl sites for hydroxylation is 1. The summed E-state index contributed by atoms with van der Waals surface area (Å²) in [5.74, 6) is 0.693. The molecule has 1 heterocycles. The maximum atomic E-state index is 13.1. The predicted molar refractivity (Wildman–Crippen MR) is 99.2 cm³/mol. The van der Waals surface area contributed by atoms with Gasteiger partial charge in [0.25, 0.3) is 0 Å². The second kappa shape index (κ2) is 7.08. The van der Waals surface area contributed by atoms with Crippen molar-refractivity contribution in [1.29, 1.82) is 0 Å². The van der Waals surface area contributed by atoms with Crippen molar-refractivity contribution >= 4 is 21.6 Å². The third kappa shape index (κ3) is 3.60. The van der Waals surface area contributed by atoms with E-state index in [-0.39, 0.29) is 11.9 Å². The molecule has 0 radical (unpaired) electrons. The Morgan fingerprint density at radius 3 is 2.52 bits per heavy atom. The Hall–Kier alpha value is -1.40. The summed E-state index contributed by atoms with van der Waals surface area (Å²) in [4.78, 5) is 13.9. The van der Waals surface area contributed by atoms with Gasteiger partial charge in [0, 0.05) is 32.2 Å². The first-order valence-electron chi connectivity index (χ1n) is 9.19. The second-order valence-corrected chi connectivity index (χ2v) is 9.50. The molecule has 1 aliphatic heterocycles. The van der Waals surface area contributed by atoms with E-state index in [1.54, 1.807) is 41.4 Å². The van der Waals surface area contributed by atoms with Crippen LogP contribution in [-0.2, 0) is 21.2 Å². The molecule has 6 heteroatoms. The highest BCUT2D eigenvalue weighted by Crippen LogP contribution is 2.33. The SMILES string of the molecule is CC(=O)N1CCCc2cc(S(=O)(=O)N(C)C3CCC(C)CC3)ccc21. The highest BCUT2D eigenvalue weighted by atomic mass is 32.2. The van der Waals surface area contributed by atoms with Crippen molar-refractivity contribution < 1.29 is 13.2 Å². The molecule has 2 aliphatic rings. The number of amides is 1. The lowest BCUT2D eigenvalue weighted by Gasteiger charge is -2.33. The van der Waals surface area contributed by atoms with E-state index in [1.807, 2.05) is 0 Å². The summed E-state index contributed by atoms with van der Waals surface area (Å²) in [6.07, 6.45) is 5.71. The summed E-state index contributed by atoms with van der Waals surface area (Å²) in [6.45, 7) is 4.49.